The normalized spacial score (nSPS) is 14.2. The zero-order valence-electron chi connectivity index (χ0n) is 14.1. The van der Waals surface area contributed by atoms with E-state index in [2.05, 4.69) is 50.7 Å². The summed E-state index contributed by atoms with van der Waals surface area (Å²) in [6, 6.07) is 3.53. The zero-order valence-corrected chi connectivity index (χ0v) is 15.9. The van der Waals surface area contributed by atoms with Crippen LogP contribution in [0.15, 0.2) is 23.6 Å². The Kier molecular flexibility index (Phi) is 7.56. The molecule has 1 atom stereocenters. The van der Waals surface area contributed by atoms with Gasteiger partial charge in [-0.05, 0) is 50.0 Å². The van der Waals surface area contributed by atoms with Gasteiger partial charge in [-0.3, -0.25) is 0 Å². The molecule has 1 rings (SSSR count). The van der Waals surface area contributed by atoms with Crippen molar-refractivity contribution in [3.8, 4) is 0 Å². The van der Waals surface area contributed by atoms with Gasteiger partial charge in [-0.25, -0.2) is 4.98 Å². The van der Waals surface area contributed by atoms with Crippen molar-refractivity contribution >= 4 is 25.7 Å². The molecule has 1 heterocycles. The molecule has 0 bridgehead atoms. The molecule has 0 spiro atoms. The van der Waals surface area contributed by atoms with E-state index in [9.17, 15) is 0 Å². The van der Waals surface area contributed by atoms with E-state index in [1.54, 1.807) is 11.3 Å². The number of nitrogens with zero attached hydrogens (tertiary/aromatic N) is 1. The molecule has 0 amide bonds. The maximum Gasteiger partial charge on any atom is 0.192 e. The van der Waals surface area contributed by atoms with Gasteiger partial charge >= 0.3 is 0 Å². The first-order valence-corrected chi connectivity index (χ1v) is 11.3. The molecular weight excluding hydrogens is 294 g/mol. The second kappa shape index (κ2) is 8.66. The van der Waals surface area contributed by atoms with Crippen LogP contribution in [0.3, 0.4) is 0 Å². The van der Waals surface area contributed by atoms with Crippen LogP contribution in [-0.4, -0.2) is 19.4 Å². The maximum absolute atomic E-state index is 6.64. The lowest BCUT2D eigenvalue weighted by atomic mass is 10.1. The van der Waals surface area contributed by atoms with Crippen molar-refractivity contribution in [3.63, 3.8) is 0 Å². The van der Waals surface area contributed by atoms with Gasteiger partial charge in [0.15, 0.2) is 8.32 Å². The quantitative estimate of drug-likeness (QED) is 0.422. The Balaban J connectivity index is 2.94. The summed E-state index contributed by atoms with van der Waals surface area (Å²) >= 11 is 1.69. The third-order valence-electron chi connectivity index (χ3n) is 4.23. The van der Waals surface area contributed by atoms with E-state index in [0.717, 1.165) is 17.1 Å². The Hall–Kier alpha value is -0.713. The second-order valence-electron chi connectivity index (χ2n) is 5.55. The van der Waals surface area contributed by atoms with E-state index in [-0.39, 0.29) is 6.10 Å². The summed E-state index contributed by atoms with van der Waals surface area (Å²) in [4.78, 5) is 4.52. The molecule has 0 N–H and O–H groups in total. The number of hydrogen-bond acceptors (Lipinski definition) is 3. The molecular formula is C17H29NOSSi. The predicted octanol–water partition coefficient (Wildman–Crippen LogP) is 5.82. The van der Waals surface area contributed by atoms with E-state index in [1.165, 1.54) is 23.7 Å². The standard InChI is InChI=1S/C17H29NOSSi/c1-7-11-17(19-21(8-2,9-3)10-4)14(5)12-16-13-20-15(6)18-16/h7,12-13,17H,1,8-11H2,2-6H3. The van der Waals surface area contributed by atoms with Gasteiger partial charge in [0.1, 0.15) is 0 Å². The molecule has 21 heavy (non-hydrogen) atoms. The number of thiazole rings is 1. The van der Waals surface area contributed by atoms with Crippen LogP contribution < -0.4 is 0 Å². The van der Waals surface area contributed by atoms with Crippen molar-refractivity contribution in [2.45, 2.75) is 65.3 Å². The molecule has 4 heteroatoms. The molecule has 0 aliphatic rings. The predicted molar refractivity (Wildman–Crippen MR) is 97.4 cm³/mol. The summed E-state index contributed by atoms with van der Waals surface area (Å²) in [5, 5.41) is 3.21. The monoisotopic (exact) mass is 323 g/mol. The first-order valence-electron chi connectivity index (χ1n) is 7.89. The Bertz CT molecular complexity index is 469. The van der Waals surface area contributed by atoms with E-state index < -0.39 is 8.32 Å². The topological polar surface area (TPSA) is 22.1 Å². The summed E-state index contributed by atoms with van der Waals surface area (Å²) < 4.78 is 6.64. The van der Waals surface area contributed by atoms with Crippen molar-refractivity contribution in [1.82, 2.24) is 4.98 Å². The summed E-state index contributed by atoms with van der Waals surface area (Å²) in [5.41, 5.74) is 2.30. The minimum Gasteiger partial charge on any atom is -0.410 e. The Morgan fingerprint density at radius 3 is 2.43 bits per heavy atom. The van der Waals surface area contributed by atoms with E-state index >= 15 is 0 Å². The third kappa shape index (κ3) is 5.20. The van der Waals surface area contributed by atoms with E-state index in [4.69, 9.17) is 4.43 Å². The van der Waals surface area contributed by atoms with Gasteiger partial charge in [0.05, 0.1) is 16.8 Å². The van der Waals surface area contributed by atoms with E-state index in [0.29, 0.717) is 0 Å². The molecule has 0 aliphatic heterocycles. The summed E-state index contributed by atoms with van der Waals surface area (Å²) in [6.07, 6.45) is 5.16. The van der Waals surface area contributed by atoms with Gasteiger partial charge in [-0.2, -0.15) is 0 Å². The summed E-state index contributed by atoms with van der Waals surface area (Å²) in [6.45, 7) is 14.9. The highest BCUT2D eigenvalue weighted by Gasteiger charge is 2.32. The summed E-state index contributed by atoms with van der Waals surface area (Å²) in [7, 11) is -1.60. The number of hydrogen-bond donors (Lipinski definition) is 0. The molecule has 0 aromatic carbocycles. The van der Waals surface area contributed by atoms with Gasteiger partial charge in [0.25, 0.3) is 0 Å². The van der Waals surface area contributed by atoms with Crippen LogP contribution in [0.25, 0.3) is 6.08 Å². The smallest absolute Gasteiger partial charge is 0.192 e. The maximum atomic E-state index is 6.64. The Morgan fingerprint density at radius 1 is 1.38 bits per heavy atom. The van der Waals surface area contributed by atoms with Crippen molar-refractivity contribution in [1.29, 1.82) is 0 Å². The number of aryl methyl sites for hydroxylation is 1. The fourth-order valence-corrected chi connectivity index (χ4v) is 6.01. The van der Waals surface area contributed by atoms with Crippen LogP contribution in [0.4, 0.5) is 0 Å². The first kappa shape index (κ1) is 18.3. The van der Waals surface area contributed by atoms with Crippen LogP contribution in [0.1, 0.15) is 44.8 Å². The van der Waals surface area contributed by atoms with Crippen molar-refractivity contribution < 1.29 is 4.43 Å². The molecule has 118 valence electrons. The molecule has 0 aliphatic carbocycles. The Labute approximate surface area is 135 Å². The Morgan fingerprint density at radius 2 is 2.00 bits per heavy atom. The molecule has 1 unspecified atom stereocenters. The fourth-order valence-electron chi connectivity index (χ4n) is 2.55. The van der Waals surface area contributed by atoms with Gasteiger partial charge in [0.2, 0.25) is 0 Å². The molecule has 0 radical (unpaired) electrons. The lowest BCUT2D eigenvalue weighted by Gasteiger charge is -2.33. The molecule has 0 saturated carbocycles. The minimum atomic E-state index is -1.60. The average molecular weight is 324 g/mol. The van der Waals surface area contributed by atoms with Crippen LogP contribution in [-0.2, 0) is 4.43 Å². The molecule has 1 aromatic heterocycles. The number of rotatable bonds is 9. The lowest BCUT2D eigenvalue weighted by Crippen LogP contribution is -2.40. The zero-order chi connectivity index (χ0) is 15.9. The molecule has 1 aromatic rings. The fraction of sp³-hybridized carbons (Fsp3) is 0.588. The van der Waals surface area contributed by atoms with E-state index in [1.807, 2.05) is 13.0 Å². The van der Waals surface area contributed by atoms with Gasteiger partial charge < -0.3 is 4.43 Å². The van der Waals surface area contributed by atoms with Crippen molar-refractivity contribution in [2.75, 3.05) is 0 Å². The molecule has 0 saturated heterocycles. The largest absolute Gasteiger partial charge is 0.410 e. The second-order valence-corrected chi connectivity index (χ2v) is 11.3. The lowest BCUT2D eigenvalue weighted by molar-refractivity contribution is 0.225. The SMILES string of the molecule is C=CCC(O[Si](CC)(CC)CC)C(C)=Cc1csc(C)n1. The highest BCUT2D eigenvalue weighted by atomic mass is 32.1. The number of aromatic nitrogens is 1. The van der Waals surface area contributed by atoms with Gasteiger partial charge in [-0.15, -0.1) is 17.9 Å². The van der Waals surface area contributed by atoms with Gasteiger partial charge in [-0.1, -0.05) is 26.8 Å². The molecule has 0 fully saturated rings. The van der Waals surface area contributed by atoms with Crippen LogP contribution in [0.2, 0.25) is 18.1 Å². The van der Waals surface area contributed by atoms with Gasteiger partial charge in [0, 0.05) is 5.38 Å². The third-order valence-corrected chi connectivity index (χ3v) is 9.67. The van der Waals surface area contributed by atoms with Crippen molar-refractivity contribution in [3.05, 3.63) is 34.3 Å². The highest BCUT2D eigenvalue weighted by Crippen LogP contribution is 2.28. The molecule has 2 nitrogen and oxygen atoms in total. The average Bonchev–Trinajstić information content (AvgIpc) is 2.89. The van der Waals surface area contributed by atoms with Crippen LogP contribution >= 0.6 is 11.3 Å². The van der Waals surface area contributed by atoms with Crippen molar-refractivity contribution in [2.24, 2.45) is 0 Å². The first-order chi connectivity index (χ1) is 10.00. The minimum absolute atomic E-state index is 0.149. The van der Waals surface area contributed by atoms with Crippen LogP contribution in [0.5, 0.6) is 0 Å². The summed E-state index contributed by atoms with van der Waals surface area (Å²) in [5.74, 6) is 0. The highest BCUT2D eigenvalue weighted by molar-refractivity contribution is 7.09. The van der Waals surface area contributed by atoms with Crippen LogP contribution in [0, 0.1) is 6.92 Å².